The molecule has 1 aromatic carbocycles. The predicted octanol–water partition coefficient (Wildman–Crippen LogP) is 2.80. The molecule has 0 fully saturated rings. The van der Waals surface area contributed by atoms with Gasteiger partial charge in [-0.3, -0.25) is 0 Å². The largest absolute Gasteiger partial charge is 0.361 e. The molecule has 0 aliphatic rings. The highest BCUT2D eigenvalue weighted by molar-refractivity contribution is 7.90. The molecule has 1 N–H and O–H groups in total. The zero-order chi connectivity index (χ0) is 13.2. The van der Waals surface area contributed by atoms with Crippen LogP contribution in [-0.2, 0) is 9.84 Å². The van der Waals surface area contributed by atoms with Crippen molar-refractivity contribution in [2.24, 2.45) is 0 Å². The molecule has 2 rings (SSSR count). The van der Waals surface area contributed by atoms with Gasteiger partial charge in [0.05, 0.1) is 16.0 Å². The number of halogens is 1. The summed E-state index contributed by atoms with van der Waals surface area (Å²) in [5.74, 6) is 0.191. The van der Waals surface area contributed by atoms with E-state index in [0.717, 1.165) is 15.3 Å². The standard InChI is InChI=1S/C11H13ClN2O2S2/c1-18(15,16)6-2-5-13-11-14-9-7-8(12)3-4-10(9)17-11/h3-4,7H,2,5-6H2,1H3,(H,13,14). The fourth-order valence-corrected chi connectivity index (χ4v) is 3.21. The van der Waals surface area contributed by atoms with Gasteiger partial charge in [0, 0.05) is 17.8 Å². The Morgan fingerprint density at radius 1 is 1.44 bits per heavy atom. The first-order chi connectivity index (χ1) is 8.44. The monoisotopic (exact) mass is 304 g/mol. The van der Waals surface area contributed by atoms with E-state index < -0.39 is 9.84 Å². The highest BCUT2D eigenvalue weighted by Crippen LogP contribution is 2.27. The summed E-state index contributed by atoms with van der Waals surface area (Å²) in [5.41, 5.74) is 0.859. The average molecular weight is 305 g/mol. The third kappa shape index (κ3) is 3.83. The maximum Gasteiger partial charge on any atom is 0.183 e. The van der Waals surface area contributed by atoms with Crippen molar-refractivity contribution in [2.45, 2.75) is 6.42 Å². The molecule has 18 heavy (non-hydrogen) atoms. The number of fused-ring (bicyclic) bond motifs is 1. The lowest BCUT2D eigenvalue weighted by molar-refractivity contribution is 0.600. The van der Waals surface area contributed by atoms with E-state index in [9.17, 15) is 8.42 Å². The molecule has 0 unspecified atom stereocenters. The first-order valence-electron chi connectivity index (χ1n) is 5.42. The van der Waals surface area contributed by atoms with Gasteiger partial charge in [0.15, 0.2) is 5.13 Å². The molecule has 1 aromatic heterocycles. The van der Waals surface area contributed by atoms with Crippen LogP contribution in [0.5, 0.6) is 0 Å². The lowest BCUT2D eigenvalue weighted by atomic mass is 10.3. The van der Waals surface area contributed by atoms with Gasteiger partial charge >= 0.3 is 0 Å². The van der Waals surface area contributed by atoms with E-state index in [-0.39, 0.29) is 5.75 Å². The SMILES string of the molecule is CS(=O)(=O)CCCNc1nc2cc(Cl)ccc2s1. The Bertz CT molecular complexity index is 652. The molecular weight excluding hydrogens is 292 g/mol. The van der Waals surface area contributed by atoms with Crippen LogP contribution >= 0.6 is 22.9 Å². The van der Waals surface area contributed by atoms with Gasteiger partial charge in [-0.05, 0) is 24.6 Å². The summed E-state index contributed by atoms with van der Waals surface area (Å²) in [6, 6.07) is 5.57. The summed E-state index contributed by atoms with van der Waals surface area (Å²) in [4.78, 5) is 4.38. The van der Waals surface area contributed by atoms with Crippen LogP contribution in [0.2, 0.25) is 5.02 Å². The highest BCUT2D eigenvalue weighted by Gasteiger charge is 2.05. The van der Waals surface area contributed by atoms with Crippen LogP contribution in [0.15, 0.2) is 18.2 Å². The van der Waals surface area contributed by atoms with Crippen LogP contribution < -0.4 is 5.32 Å². The van der Waals surface area contributed by atoms with Gasteiger partial charge in [-0.15, -0.1) is 0 Å². The Morgan fingerprint density at radius 3 is 2.94 bits per heavy atom. The quantitative estimate of drug-likeness (QED) is 0.863. The van der Waals surface area contributed by atoms with Gasteiger partial charge in [-0.1, -0.05) is 22.9 Å². The number of anilines is 1. The fourth-order valence-electron chi connectivity index (χ4n) is 1.51. The maximum absolute atomic E-state index is 11.0. The fraction of sp³-hybridized carbons (Fsp3) is 0.364. The Morgan fingerprint density at radius 2 is 2.22 bits per heavy atom. The molecule has 1 heterocycles. The molecule has 0 spiro atoms. The van der Waals surface area contributed by atoms with Crippen molar-refractivity contribution >= 4 is 48.1 Å². The first-order valence-corrected chi connectivity index (χ1v) is 8.67. The average Bonchev–Trinajstić information content (AvgIpc) is 2.65. The van der Waals surface area contributed by atoms with Crippen molar-refractivity contribution in [3.05, 3.63) is 23.2 Å². The molecular formula is C11H13ClN2O2S2. The summed E-state index contributed by atoms with van der Waals surface area (Å²) in [5, 5.41) is 4.58. The number of hydrogen-bond acceptors (Lipinski definition) is 5. The summed E-state index contributed by atoms with van der Waals surface area (Å²) >= 11 is 7.42. The van der Waals surface area contributed by atoms with E-state index in [1.165, 1.54) is 17.6 Å². The lowest BCUT2D eigenvalue weighted by Crippen LogP contribution is -2.09. The zero-order valence-corrected chi connectivity index (χ0v) is 12.2. The minimum atomic E-state index is -2.88. The molecule has 0 atom stereocenters. The molecule has 0 bridgehead atoms. The third-order valence-corrected chi connectivity index (χ3v) is 4.58. The Labute approximate surface area is 115 Å². The number of thiazole rings is 1. The van der Waals surface area contributed by atoms with Crippen LogP contribution in [0.4, 0.5) is 5.13 Å². The second-order valence-corrected chi connectivity index (χ2v) is 7.77. The number of nitrogens with zero attached hydrogens (tertiary/aromatic N) is 1. The van der Waals surface area contributed by atoms with Crippen molar-refractivity contribution in [3.8, 4) is 0 Å². The predicted molar refractivity (Wildman–Crippen MR) is 77.4 cm³/mol. The lowest BCUT2D eigenvalue weighted by Gasteiger charge is -2.00. The molecule has 0 saturated heterocycles. The van der Waals surface area contributed by atoms with E-state index in [1.807, 2.05) is 18.2 Å². The van der Waals surface area contributed by atoms with Gasteiger partial charge in [0.1, 0.15) is 9.84 Å². The van der Waals surface area contributed by atoms with Crippen molar-refractivity contribution in [2.75, 3.05) is 23.9 Å². The maximum atomic E-state index is 11.0. The van der Waals surface area contributed by atoms with E-state index in [1.54, 1.807) is 0 Å². The van der Waals surface area contributed by atoms with Crippen LogP contribution in [0.3, 0.4) is 0 Å². The van der Waals surface area contributed by atoms with Gasteiger partial charge < -0.3 is 5.32 Å². The van der Waals surface area contributed by atoms with Crippen molar-refractivity contribution < 1.29 is 8.42 Å². The van der Waals surface area contributed by atoms with Gasteiger partial charge in [0.2, 0.25) is 0 Å². The second kappa shape index (κ2) is 5.42. The number of nitrogens with one attached hydrogen (secondary N) is 1. The topological polar surface area (TPSA) is 59.1 Å². The first kappa shape index (κ1) is 13.6. The second-order valence-electron chi connectivity index (χ2n) is 4.04. The molecule has 0 amide bonds. The molecule has 2 aromatic rings. The summed E-state index contributed by atoms with van der Waals surface area (Å²) in [7, 11) is -2.88. The minimum Gasteiger partial charge on any atom is -0.361 e. The summed E-state index contributed by atoms with van der Waals surface area (Å²) in [6.07, 6.45) is 1.82. The van der Waals surface area contributed by atoms with E-state index in [4.69, 9.17) is 11.6 Å². The number of hydrogen-bond donors (Lipinski definition) is 1. The van der Waals surface area contributed by atoms with Crippen molar-refractivity contribution in [1.82, 2.24) is 4.98 Å². The molecule has 0 saturated carbocycles. The molecule has 98 valence electrons. The van der Waals surface area contributed by atoms with Crippen molar-refractivity contribution in [3.63, 3.8) is 0 Å². The smallest absolute Gasteiger partial charge is 0.183 e. The highest BCUT2D eigenvalue weighted by atomic mass is 35.5. The summed E-state index contributed by atoms with van der Waals surface area (Å²) in [6.45, 7) is 0.598. The Hall–Kier alpha value is -0.850. The minimum absolute atomic E-state index is 0.191. The van der Waals surface area contributed by atoms with Crippen LogP contribution in [0.1, 0.15) is 6.42 Å². The van der Waals surface area contributed by atoms with E-state index in [2.05, 4.69) is 10.3 Å². The van der Waals surface area contributed by atoms with Crippen LogP contribution in [0.25, 0.3) is 10.2 Å². The van der Waals surface area contributed by atoms with Gasteiger partial charge in [-0.2, -0.15) is 0 Å². The summed E-state index contributed by atoms with van der Waals surface area (Å²) < 4.78 is 23.0. The molecule has 7 heteroatoms. The van der Waals surface area contributed by atoms with Gasteiger partial charge in [0.25, 0.3) is 0 Å². The Balaban J connectivity index is 1.96. The molecule has 0 radical (unpaired) electrons. The normalized spacial score (nSPS) is 11.9. The molecule has 0 aliphatic heterocycles. The number of rotatable bonds is 5. The molecule has 0 aliphatic carbocycles. The van der Waals surface area contributed by atoms with Gasteiger partial charge in [-0.25, -0.2) is 13.4 Å². The number of aromatic nitrogens is 1. The number of sulfone groups is 1. The third-order valence-electron chi connectivity index (χ3n) is 2.32. The van der Waals surface area contributed by atoms with E-state index >= 15 is 0 Å². The van der Waals surface area contributed by atoms with E-state index in [0.29, 0.717) is 18.0 Å². The zero-order valence-electron chi connectivity index (χ0n) is 9.81. The van der Waals surface area contributed by atoms with Crippen LogP contribution in [-0.4, -0.2) is 32.0 Å². The molecule has 4 nitrogen and oxygen atoms in total. The Kier molecular flexibility index (Phi) is 4.09. The van der Waals surface area contributed by atoms with Crippen molar-refractivity contribution in [1.29, 1.82) is 0 Å². The number of benzene rings is 1. The van der Waals surface area contributed by atoms with Crippen LogP contribution in [0, 0.1) is 0 Å².